The average molecular weight is 399 g/mol. The van der Waals surface area contributed by atoms with Gasteiger partial charge in [-0.25, -0.2) is 0 Å². The van der Waals surface area contributed by atoms with Gasteiger partial charge in [0, 0.05) is 44.1 Å². The van der Waals surface area contributed by atoms with Crippen LogP contribution in [0.15, 0.2) is 24.3 Å². The van der Waals surface area contributed by atoms with Gasteiger partial charge in [-0.15, -0.1) is 0 Å². The molecule has 4 fully saturated rings. The third kappa shape index (κ3) is 3.41. The van der Waals surface area contributed by atoms with Gasteiger partial charge in [-0.3, -0.25) is 4.79 Å². The molecular weight excluding hydrogens is 364 g/mol. The molecule has 5 heteroatoms. The predicted molar refractivity (Wildman–Crippen MR) is 112 cm³/mol. The molecular formula is C24H34N2O3. The van der Waals surface area contributed by atoms with Gasteiger partial charge in [0.1, 0.15) is 5.60 Å². The van der Waals surface area contributed by atoms with Crippen LogP contribution in [0.4, 0.5) is 0 Å². The van der Waals surface area contributed by atoms with Gasteiger partial charge in [0.2, 0.25) is 5.91 Å². The number of rotatable bonds is 5. The number of fused-ring (bicyclic) bond motifs is 4. The Morgan fingerprint density at radius 1 is 1.17 bits per heavy atom. The quantitative estimate of drug-likeness (QED) is 0.826. The van der Waals surface area contributed by atoms with Gasteiger partial charge in [-0.1, -0.05) is 18.6 Å². The lowest BCUT2D eigenvalue weighted by molar-refractivity contribution is -0.171. The number of amides is 1. The minimum Gasteiger partial charge on any atom is -0.375 e. The molecule has 5 rings (SSSR count). The summed E-state index contributed by atoms with van der Waals surface area (Å²) in [6.45, 7) is 3.36. The second kappa shape index (κ2) is 7.68. The number of benzene rings is 1. The normalized spacial score (nSPS) is 39.4. The summed E-state index contributed by atoms with van der Waals surface area (Å²) < 4.78 is 12.4. The molecule has 1 aromatic rings. The molecule has 3 saturated heterocycles. The Morgan fingerprint density at radius 2 is 1.86 bits per heavy atom. The van der Waals surface area contributed by atoms with Gasteiger partial charge in [0.15, 0.2) is 0 Å². The number of likely N-dealkylation sites (tertiary alicyclic amines) is 1. The Labute approximate surface area is 173 Å². The highest BCUT2D eigenvalue weighted by atomic mass is 16.5. The van der Waals surface area contributed by atoms with Gasteiger partial charge in [0.25, 0.3) is 0 Å². The van der Waals surface area contributed by atoms with Crippen molar-refractivity contribution in [1.82, 2.24) is 4.90 Å². The maximum atomic E-state index is 11.8. The van der Waals surface area contributed by atoms with Crippen molar-refractivity contribution >= 4 is 5.91 Å². The van der Waals surface area contributed by atoms with Crippen molar-refractivity contribution in [3.63, 3.8) is 0 Å². The van der Waals surface area contributed by atoms with E-state index in [0.29, 0.717) is 29.6 Å². The molecule has 0 aromatic heterocycles. The van der Waals surface area contributed by atoms with Crippen LogP contribution < -0.4 is 5.73 Å². The first-order valence-corrected chi connectivity index (χ1v) is 11.4. The van der Waals surface area contributed by atoms with E-state index >= 15 is 0 Å². The molecule has 5 atom stereocenters. The zero-order chi connectivity index (χ0) is 20.0. The van der Waals surface area contributed by atoms with E-state index in [1.807, 2.05) is 19.2 Å². The fraction of sp³-hybridized carbons (Fsp3) is 0.708. The number of ether oxygens (including phenoxy) is 2. The number of hydrogen-bond donors (Lipinski definition) is 1. The number of nitrogens with zero attached hydrogens (tertiary/aromatic N) is 1. The smallest absolute Gasteiger partial charge is 0.248 e. The lowest BCUT2D eigenvalue weighted by Gasteiger charge is -2.56. The summed E-state index contributed by atoms with van der Waals surface area (Å²) in [6, 6.07) is 7.87. The van der Waals surface area contributed by atoms with Gasteiger partial charge in [0.05, 0.1) is 12.2 Å². The molecule has 1 aliphatic carbocycles. The molecule has 0 spiro atoms. The van der Waals surface area contributed by atoms with Crippen LogP contribution in [0.1, 0.15) is 60.9 Å². The van der Waals surface area contributed by atoms with Crippen molar-refractivity contribution in [3.05, 3.63) is 35.4 Å². The molecule has 1 amide bonds. The van der Waals surface area contributed by atoms with Crippen LogP contribution in [0.25, 0.3) is 0 Å². The molecule has 4 bridgehead atoms. The molecule has 4 aliphatic rings. The minimum absolute atomic E-state index is 0.297. The van der Waals surface area contributed by atoms with E-state index in [2.05, 4.69) is 11.0 Å². The van der Waals surface area contributed by atoms with Crippen molar-refractivity contribution in [2.75, 3.05) is 26.7 Å². The maximum Gasteiger partial charge on any atom is 0.248 e. The zero-order valence-electron chi connectivity index (χ0n) is 17.5. The molecule has 0 radical (unpaired) electrons. The third-order valence-corrected chi connectivity index (χ3v) is 8.12. The van der Waals surface area contributed by atoms with E-state index < -0.39 is 0 Å². The Balaban J connectivity index is 1.37. The predicted octanol–water partition coefficient (Wildman–Crippen LogP) is 3.32. The topological polar surface area (TPSA) is 64.8 Å². The van der Waals surface area contributed by atoms with E-state index in [-0.39, 0.29) is 11.5 Å². The molecule has 3 heterocycles. The zero-order valence-corrected chi connectivity index (χ0v) is 17.5. The van der Waals surface area contributed by atoms with Crippen molar-refractivity contribution in [2.24, 2.45) is 23.5 Å². The standard InChI is InChI=1S/C24H34N2O3/c1-28-24(18-5-2-4-17(12-18)23(25)27)19-6-3-7-20(24)15-26(14-19)13-16-10-21-8-9-22(11-16)29-21/h2,4-5,12,16,19-22H,3,6-11,13-15H2,1H3,(H2,25,27)/t16-,19?,20?,21+,22-,24?. The average Bonchev–Trinajstić information content (AvgIpc) is 3.05. The fourth-order valence-corrected chi connectivity index (χ4v) is 6.99. The first-order valence-electron chi connectivity index (χ1n) is 11.4. The van der Waals surface area contributed by atoms with Crippen LogP contribution in [0.2, 0.25) is 0 Å². The summed E-state index contributed by atoms with van der Waals surface area (Å²) in [5.41, 5.74) is 6.99. The van der Waals surface area contributed by atoms with Gasteiger partial charge in [-0.05, 0) is 62.1 Å². The lowest BCUT2D eigenvalue weighted by Crippen LogP contribution is -2.59. The number of carbonyl (C=O) groups is 1. The Kier molecular flexibility index (Phi) is 5.17. The van der Waals surface area contributed by atoms with Gasteiger partial charge < -0.3 is 20.1 Å². The van der Waals surface area contributed by atoms with Crippen LogP contribution in [-0.4, -0.2) is 49.8 Å². The first kappa shape index (κ1) is 19.5. The van der Waals surface area contributed by atoms with E-state index in [1.165, 1.54) is 51.5 Å². The Bertz CT molecular complexity index is 740. The second-order valence-electron chi connectivity index (χ2n) is 9.78. The van der Waals surface area contributed by atoms with Crippen LogP contribution in [-0.2, 0) is 15.1 Å². The SMILES string of the molecule is COC1(c2cccc(C(N)=O)c2)C2CCCC1CN(C[C@H]1C[C@H]3CC[C@@H](C1)O3)C2. The number of primary amides is 1. The van der Waals surface area contributed by atoms with Crippen LogP contribution in [0.3, 0.4) is 0 Å². The van der Waals surface area contributed by atoms with E-state index in [1.54, 1.807) is 6.07 Å². The fourth-order valence-electron chi connectivity index (χ4n) is 6.99. The highest BCUT2D eigenvalue weighted by molar-refractivity contribution is 5.92. The highest BCUT2D eigenvalue weighted by Gasteiger charge is 2.53. The number of piperidine rings is 1. The monoisotopic (exact) mass is 398 g/mol. The summed E-state index contributed by atoms with van der Waals surface area (Å²) in [6.07, 6.45) is 9.64. The number of methoxy groups -OCH3 is 1. The molecule has 158 valence electrons. The highest BCUT2D eigenvalue weighted by Crippen LogP contribution is 2.52. The van der Waals surface area contributed by atoms with Crippen molar-refractivity contribution in [3.8, 4) is 0 Å². The molecule has 1 saturated carbocycles. The molecule has 2 N–H and O–H groups in total. The summed E-state index contributed by atoms with van der Waals surface area (Å²) in [7, 11) is 1.86. The molecule has 5 nitrogen and oxygen atoms in total. The van der Waals surface area contributed by atoms with Crippen LogP contribution in [0, 0.1) is 17.8 Å². The largest absolute Gasteiger partial charge is 0.375 e. The number of nitrogens with two attached hydrogens (primary N) is 1. The van der Waals surface area contributed by atoms with Crippen LogP contribution in [0.5, 0.6) is 0 Å². The van der Waals surface area contributed by atoms with E-state index in [9.17, 15) is 4.79 Å². The summed E-state index contributed by atoms with van der Waals surface area (Å²) in [5, 5.41) is 0. The van der Waals surface area contributed by atoms with Crippen molar-refractivity contribution in [1.29, 1.82) is 0 Å². The summed E-state index contributed by atoms with van der Waals surface area (Å²) in [4.78, 5) is 14.5. The molecule has 2 unspecified atom stereocenters. The lowest BCUT2D eigenvalue weighted by atomic mass is 9.62. The molecule has 1 aromatic carbocycles. The number of carbonyl (C=O) groups excluding carboxylic acids is 1. The maximum absolute atomic E-state index is 11.8. The third-order valence-electron chi connectivity index (χ3n) is 8.12. The number of hydrogen-bond acceptors (Lipinski definition) is 4. The first-order chi connectivity index (χ1) is 14.1. The van der Waals surface area contributed by atoms with Crippen molar-refractivity contribution < 1.29 is 14.3 Å². The molecule has 3 aliphatic heterocycles. The second-order valence-corrected chi connectivity index (χ2v) is 9.78. The molecule has 29 heavy (non-hydrogen) atoms. The summed E-state index contributed by atoms with van der Waals surface area (Å²) in [5.74, 6) is 1.32. The minimum atomic E-state index is -0.366. The Hall–Kier alpha value is -1.43. The van der Waals surface area contributed by atoms with Gasteiger partial charge >= 0.3 is 0 Å². The van der Waals surface area contributed by atoms with Crippen molar-refractivity contribution in [2.45, 2.75) is 62.8 Å². The van der Waals surface area contributed by atoms with Crippen LogP contribution >= 0.6 is 0 Å². The van der Waals surface area contributed by atoms with Gasteiger partial charge in [-0.2, -0.15) is 0 Å². The van der Waals surface area contributed by atoms with E-state index in [4.69, 9.17) is 15.2 Å². The summed E-state index contributed by atoms with van der Waals surface area (Å²) >= 11 is 0. The Morgan fingerprint density at radius 3 is 2.48 bits per heavy atom. The van der Waals surface area contributed by atoms with E-state index in [0.717, 1.165) is 24.6 Å².